The van der Waals surface area contributed by atoms with Crippen molar-refractivity contribution in [1.29, 1.82) is 0 Å². The highest BCUT2D eigenvalue weighted by Crippen LogP contribution is 2.24. The van der Waals surface area contributed by atoms with Gasteiger partial charge in [0, 0.05) is 12.8 Å². The van der Waals surface area contributed by atoms with Crippen LogP contribution in [0.15, 0.2) is 24.4 Å². The van der Waals surface area contributed by atoms with Crippen molar-refractivity contribution in [1.82, 2.24) is 15.2 Å². The van der Waals surface area contributed by atoms with Crippen molar-refractivity contribution in [3.05, 3.63) is 24.4 Å². The molecule has 1 N–H and O–H groups in total. The largest absolute Gasteiger partial charge is 0.376 e. The van der Waals surface area contributed by atoms with Crippen molar-refractivity contribution < 1.29 is 14.3 Å². The molecule has 0 aromatic carbocycles. The van der Waals surface area contributed by atoms with Crippen LogP contribution in [0.4, 0.5) is 5.13 Å². The lowest BCUT2D eigenvalue weighted by Crippen LogP contribution is -2.30. The lowest BCUT2D eigenvalue weighted by atomic mass is 10.2. The Balaban J connectivity index is 1.52. The first-order chi connectivity index (χ1) is 11.2. The van der Waals surface area contributed by atoms with Crippen LogP contribution in [0.3, 0.4) is 0 Å². The van der Waals surface area contributed by atoms with Gasteiger partial charge in [0.2, 0.25) is 5.13 Å². The monoisotopic (exact) mass is 334 g/mol. The minimum atomic E-state index is -0.568. The van der Waals surface area contributed by atoms with Crippen LogP contribution in [0.5, 0.6) is 0 Å². The molecule has 122 valence electrons. The Kier molecular flexibility index (Phi) is 5.27. The molecule has 8 heteroatoms. The Morgan fingerprint density at radius 1 is 1.52 bits per heavy atom. The minimum Gasteiger partial charge on any atom is -0.376 e. The molecule has 23 heavy (non-hydrogen) atoms. The average molecular weight is 334 g/mol. The smallest absolute Gasteiger partial charge is 0.255 e. The maximum Gasteiger partial charge on any atom is 0.255 e. The van der Waals surface area contributed by atoms with E-state index < -0.39 is 6.10 Å². The van der Waals surface area contributed by atoms with E-state index in [1.54, 1.807) is 13.1 Å². The second kappa shape index (κ2) is 7.58. The molecule has 3 rings (SSSR count). The number of nitrogens with zero attached hydrogens (tertiary/aromatic N) is 3. The summed E-state index contributed by atoms with van der Waals surface area (Å²) in [6.45, 7) is 2.92. The number of rotatable bonds is 6. The predicted molar refractivity (Wildman–Crippen MR) is 86.2 cm³/mol. The summed E-state index contributed by atoms with van der Waals surface area (Å²) in [5.74, 6) is -0.244. The zero-order chi connectivity index (χ0) is 16.1. The van der Waals surface area contributed by atoms with Crippen LogP contribution >= 0.6 is 11.3 Å². The molecule has 7 nitrogen and oxygen atoms in total. The molecule has 1 saturated heterocycles. The first-order valence-corrected chi connectivity index (χ1v) is 8.33. The molecule has 0 unspecified atom stereocenters. The van der Waals surface area contributed by atoms with Gasteiger partial charge in [-0.15, -0.1) is 10.2 Å². The topological polar surface area (TPSA) is 86.2 Å². The molecular formula is C15H18N4O3S. The van der Waals surface area contributed by atoms with Crippen LogP contribution in [-0.4, -0.2) is 46.5 Å². The van der Waals surface area contributed by atoms with Crippen LogP contribution in [0.1, 0.15) is 19.8 Å². The van der Waals surface area contributed by atoms with Gasteiger partial charge >= 0.3 is 0 Å². The number of ether oxygens (including phenoxy) is 2. The SMILES string of the molecule is C[C@@H](OC[C@H]1CCCO1)C(=O)Nc1nnc(-c2ccccn2)s1. The second-order valence-corrected chi connectivity index (χ2v) is 6.20. The second-order valence-electron chi connectivity index (χ2n) is 5.23. The van der Waals surface area contributed by atoms with Gasteiger partial charge < -0.3 is 9.47 Å². The van der Waals surface area contributed by atoms with Crippen LogP contribution in [-0.2, 0) is 14.3 Å². The Bertz CT molecular complexity index is 643. The molecule has 2 atom stereocenters. The van der Waals surface area contributed by atoms with Gasteiger partial charge in [0.05, 0.1) is 12.7 Å². The highest BCUT2D eigenvalue weighted by molar-refractivity contribution is 7.18. The summed E-state index contributed by atoms with van der Waals surface area (Å²) in [4.78, 5) is 16.3. The highest BCUT2D eigenvalue weighted by atomic mass is 32.1. The van der Waals surface area contributed by atoms with Gasteiger partial charge in [-0.3, -0.25) is 15.1 Å². The minimum absolute atomic E-state index is 0.0996. The van der Waals surface area contributed by atoms with Crippen molar-refractivity contribution in [2.45, 2.75) is 32.0 Å². The fraction of sp³-hybridized carbons (Fsp3) is 0.467. The number of hydrogen-bond donors (Lipinski definition) is 1. The van der Waals surface area contributed by atoms with Gasteiger partial charge in [0.1, 0.15) is 11.8 Å². The summed E-state index contributed by atoms with van der Waals surface area (Å²) in [5, 5.41) is 11.8. The quantitative estimate of drug-likeness (QED) is 0.871. The van der Waals surface area contributed by atoms with Crippen molar-refractivity contribution in [3.63, 3.8) is 0 Å². The number of aromatic nitrogens is 3. The Morgan fingerprint density at radius 2 is 2.43 bits per heavy atom. The summed E-state index contributed by atoms with van der Waals surface area (Å²) < 4.78 is 11.0. The summed E-state index contributed by atoms with van der Waals surface area (Å²) in [6.07, 6.45) is 3.26. The molecule has 1 fully saturated rings. The van der Waals surface area contributed by atoms with Crippen molar-refractivity contribution in [2.24, 2.45) is 0 Å². The standard InChI is InChI=1S/C15H18N4O3S/c1-10(22-9-11-5-4-8-21-11)13(20)17-15-19-18-14(23-15)12-6-2-3-7-16-12/h2-3,6-7,10-11H,4-5,8-9H2,1H3,(H,17,19,20)/t10-,11-/m1/s1. The molecule has 0 spiro atoms. The third kappa shape index (κ3) is 4.31. The maximum atomic E-state index is 12.1. The van der Waals surface area contributed by atoms with Crippen molar-refractivity contribution in [2.75, 3.05) is 18.5 Å². The Labute approximate surface area is 138 Å². The van der Waals surface area contributed by atoms with Crippen molar-refractivity contribution >= 4 is 22.4 Å². The molecule has 2 aromatic heterocycles. The maximum absolute atomic E-state index is 12.1. The lowest BCUT2D eigenvalue weighted by molar-refractivity contribution is -0.128. The van der Waals surface area contributed by atoms with E-state index in [-0.39, 0.29) is 12.0 Å². The normalized spacial score (nSPS) is 18.7. The highest BCUT2D eigenvalue weighted by Gasteiger charge is 2.21. The fourth-order valence-electron chi connectivity index (χ4n) is 2.18. The number of amides is 1. The van der Waals surface area contributed by atoms with Gasteiger partial charge in [-0.25, -0.2) is 0 Å². The summed E-state index contributed by atoms with van der Waals surface area (Å²) in [6, 6.07) is 5.56. The number of anilines is 1. The zero-order valence-electron chi connectivity index (χ0n) is 12.8. The van der Waals surface area contributed by atoms with E-state index >= 15 is 0 Å². The Morgan fingerprint density at radius 3 is 3.17 bits per heavy atom. The number of pyridine rings is 1. The lowest BCUT2D eigenvalue weighted by Gasteiger charge is -2.15. The van der Waals surface area contributed by atoms with Gasteiger partial charge in [-0.05, 0) is 31.9 Å². The van der Waals surface area contributed by atoms with E-state index in [0.29, 0.717) is 16.7 Å². The average Bonchev–Trinajstić information content (AvgIpc) is 3.25. The van der Waals surface area contributed by atoms with Gasteiger partial charge in [0.15, 0.2) is 5.01 Å². The first kappa shape index (κ1) is 16.0. The Hall–Kier alpha value is -1.90. The molecule has 1 aliphatic rings. The number of carbonyl (C=O) groups is 1. The van der Waals surface area contributed by atoms with Crippen molar-refractivity contribution in [3.8, 4) is 10.7 Å². The molecule has 0 bridgehead atoms. The van der Waals surface area contributed by atoms with Gasteiger partial charge in [-0.2, -0.15) is 0 Å². The molecule has 1 aliphatic heterocycles. The van der Waals surface area contributed by atoms with E-state index in [2.05, 4.69) is 20.5 Å². The summed E-state index contributed by atoms with van der Waals surface area (Å²) in [7, 11) is 0. The third-order valence-corrected chi connectivity index (χ3v) is 4.33. The molecule has 3 heterocycles. The van der Waals surface area contributed by atoms with E-state index in [0.717, 1.165) is 25.1 Å². The predicted octanol–water partition coefficient (Wildman–Crippen LogP) is 2.12. The van der Waals surface area contributed by atoms with Gasteiger partial charge in [-0.1, -0.05) is 17.4 Å². The first-order valence-electron chi connectivity index (χ1n) is 7.51. The van der Waals surface area contributed by atoms with Crippen LogP contribution in [0, 0.1) is 0 Å². The van der Waals surface area contributed by atoms with Crippen LogP contribution < -0.4 is 5.32 Å². The molecular weight excluding hydrogens is 316 g/mol. The number of hydrogen-bond acceptors (Lipinski definition) is 7. The van der Waals surface area contributed by atoms with E-state index in [1.165, 1.54) is 11.3 Å². The fourth-order valence-corrected chi connectivity index (χ4v) is 2.90. The van der Waals surface area contributed by atoms with Crippen LogP contribution in [0.25, 0.3) is 10.7 Å². The summed E-state index contributed by atoms with van der Waals surface area (Å²) >= 11 is 1.28. The number of carbonyl (C=O) groups excluding carboxylic acids is 1. The van der Waals surface area contributed by atoms with E-state index in [4.69, 9.17) is 9.47 Å². The zero-order valence-corrected chi connectivity index (χ0v) is 13.6. The number of nitrogens with one attached hydrogen (secondary N) is 1. The molecule has 0 aliphatic carbocycles. The molecule has 2 aromatic rings. The van der Waals surface area contributed by atoms with Crippen LogP contribution in [0.2, 0.25) is 0 Å². The molecule has 0 radical (unpaired) electrons. The molecule has 0 saturated carbocycles. The third-order valence-electron chi connectivity index (χ3n) is 3.46. The van der Waals surface area contributed by atoms with E-state index in [9.17, 15) is 4.79 Å². The van der Waals surface area contributed by atoms with E-state index in [1.807, 2.05) is 18.2 Å². The summed E-state index contributed by atoms with van der Waals surface area (Å²) in [5.41, 5.74) is 0.730. The van der Waals surface area contributed by atoms with Gasteiger partial charge in [0.25, 0.3) is 5.91 Å². The molecule has 1 amide bonds.